The summed E-state index contributed by atoms with van der Waals surface area (Å²) in [7, 11) is 0. The van der Waals surface area contributed by atoms with Gasteiger partial charge in [0.05, 0.1) is 5.75 Å². The van der Waals surface area contributed by atoms with Gasteiger partial charge in [0.15, 0.2) is 0 Å². The van der Waals surface area contributed by atoms with E-state index in [9.17, 15) is 4.79 Å². The first-order chi connectivity index (χ1) is 11.8. The molecule has 2 aromatic rings. The second kappa shape index (κ2) is 7.16. The molecule has 2 atom stereocenters. The molecule has 1 N–H and O–H groups in total. The summed E-state index contributed by atoms with van der Waals surface area (Å²) in [5, 5.41) is 5.98. The number of amides is 1. The Kier molecular flexibility index (Phi) is 4.76. The van der Waals surface area contributed by atoms with Gasteiger partial charge in [-0.15, -0.1) is 11.8 Å². The Hall–Kier alpha value is -1.52. The molecule has 0 aromatic heterocycles. The average Bonchev–Trinajstić information content (AvgIpc) is 2.98. The molecule has 1 amide bonds. The van der Waals surface area contributed by atoms with Crippen molar-refractivity contribution in [1.29, 1.82) is 0 Å². The Morgan fingerprint density at radius 1 is 1.04 bits per heavy atom. The fraction of sp³-hybridized carbons (Fsp3) is 0.450. The number of fused-ring (bicyclic) bond motifs is 2. The highest BCUT2D eigenvalue weighted by Gasteiger charge is 2.31. The van der Waals surface area contributed by atoms with Crippen molar-refractivity contribution >= 4 is 28.4 Å². The molecule has 2 aliphatic rings. The zero-order valence-corrected chi connectivity index (χ0v) is 14.7. The van der Waals surface area contributed by atoms with Crippen molar-refractivity contribution in [3.05, 3.63) is 42.5 Å². The third-order valence-electron chi connectivity index (χ3n) is 5.46. The van der Waals surface area contributed by atoms with Gasteiger partial charge in [0.2, 0.25) is 5.91 Å². The van der Waals surface area contributed by atoms with Crippen LogP contribution in [-0.4, -0.2) is 42.7 Å². The van der Waals surface area contributed by atoms with Crippen molar-refractivity contribution < 1.29 is 4.79 Å². The molecule has 0 saturated carbocycles. The number of thioether (sulfide) groups is 1. The maximum absolute atomic E-state index is 12.6. The van der Waals surface area contributed by atoms with E-state index in [-0.39, 0.29) is 0 Å². The van der Waals surface area contributed by atoms with Gasteiger partial charge in [-0.25, -0.2) is 0 Å². The van der Waals surface area contributed by atoms with Crippen LogP contribution in [0.2, 0.25) is 0 Å². The highest BCUT2D eigenvalue weighted by Crippen LogP contribution is 2.28. The van der Waals surface area contributed by atoms with Crippen molar-refractivity contribution in [3.63, 3.8) is 0 Å². The van der Waals surface area contributed by atoms with E-state index >= 15 is 0 Å². The fourth-order valence-corrected chi connectivity index (χ4v) is 4.81. The number of hydrogen-bond donors (Lipinski definition) is 1. The molecule has 0 radical (unpaired) electrons. The smallest absolute Gasteiger partial charge is 0.232 e. The van der Waals surface area contributed by atoms with E-state index in [4.69, 9.17) is 0 Å². The van der Waals surface area contributed by atoms with E-state index in [1.165, 1.54) is 15.7 Å². The zero-order chi connectivity index (χ0) is 16.4. The third-order valence-corrected chi connectivity index (χ3v) is 6.43. The van der Waals surface area contributed by atoms with E-state index < -0.39 is 0 Å². The molecule has 2 heterocycles. The third kappa shape index (κ3) is 3.45. The molecule has 2 aliphatic heterocycles. The molecule has 24 heavy (non-hydrogen) atoms. The first-order valence-electron chi connectivity index (χ1n) is 8.90. The Morgan fingerprint density at radius 2 is 1.75 bits per heavy atom. The molecule has 4 rings (SSSR count). The predicted molar refractivity (Wildman–Crippen MR) is 100 cm³/mol. The number of rotatable bonds is 3. The molecule has 0 spiro atoms. The number of carbonyl (C=O) groups is 1. The van der Waals surface area contributed by atoms with Crippen LogP contribution < -0.4 is 5.32 Å². The maximum Gasteiger partial charge on any atom is 0.232 e. The van der Waals surface area contributed by atoms with Gasteiger partial charge in [-0.1, -0.05) is 30.3 Å². The lowest BCUT2D eigenvalue weighted by atomic mass is 9.92. The lowest BCUT2D eigenvalue weighted by Crippen LogP contribution is -2.34. The topological polar surface area (TPSA) is 32.3 Å². The Morgan fingerprint density at radius 3 is 2.50 bits per heavy atom. The summed E-state index contributed by atoms with van der Waals surface area (Å²) in [5.41, 5.74) is 0. The maximum atomic E-state index is 12.6. The predicted octanol–water partition coefficient (Wildman–Crippen LogP) is 3.39. The second-order valence-corrected chi connectivity index (χ2v) is 7.98. The van der Waals surface area contributed by atoms with Crippen molar-refractivity contribution in [3.8, 4) is 0 Å². The number of carbonyl (C=O) groups excluding carboxylic acids is 1. The first-order valence-corrected chi connectivity index (χ1v) is 9.88. The van der Waals surface area contributed by atoms with Gasteiger partial charge in [-0.05, 0) is 60.7 Å². The van der Waals surface area contributed by atoms with Gasteiger partial charge in [-0.2, -0.15) is 0 Å². The van der Waals surface area contributed by atoms with E-state index in [1.54, 1.807) is 11.8 Å². The Balaban J connectivity index is 1.35. The van der Waals surface area contributed by atoms with Crippen LogP contribution in [0, 0.1) is 11.8 Å². The number of nitrogens with one attached hydrogen (secondary N) is 1. The SMILES string of the molecule is O=C(CSc1ccc2ccccc2c1)N1CC[C@@H]2CNC[C@@H]2CC1. The van der Waals surface area contributed by atoms with Gasteiger partial charge in [-0.3, -0.25) is 4.79 Å². The molecule has 0 bridgehead atoms. The van der Waals surface area contributed by atoms with Crippen LogP contribution in [0.25, 0.3) is 10.8 Å². The molecule has 3 nitrogen and oxygen atoms in total. The van der Waals surface area contributed by atoms with Crippen LogP contribution in [0.5, 0.6) is 0 Å². The number of likely N-dealkylation sites (tertiary alicyclic amines) is 1. The number of benzene rings is 2. The van der Waals surface area contributed by atoms with E-state index in [0.29, 0.717) is 11.7 Å². The lowest BCUT2D eigenvalue weighted by molar-refractivity contribution is -0.128. The van der Waals surface area contributed by atoms with Gasteiger partial charge >= 0.3 is 0 Å². The molecule has 0 unspecified atom stereocenters. The van der Waals surface area contributed by atoms with Crippen LogP contribution in [0.4, 0.5) is 0 Å². The second-order valence-electron chi connectivity index (χ2n) is 6.93. The van der Waals surface area contributed by atoms with E-state index in [0.717, 1.165) is 50.9 Å². The van der Waals surface area contributed by atoms with Gasteiger partial charge < -0.3 is 10.2 Å². The lowest BCUT2D eigenvalue weighted by Gasteiger charge is -2.20. The Bertz CT molecular complexity index is 718. The monoisotopic (exact) mass is 340 g/mol. The number of nitrogens with zero attached hydrogens (tertiary/aromatic N) is 1. The van der Waals surface area contributed by atoms with Gasteiger partial charge in [0.1, 0.15) is 0 Å². The molecule has 2 aromatic carbocycles. The minimum atomic E-state index is 0.293. The summed E-state index contributed by atoms with van der Waals surface area (Å²) in [5.74, 6) is 2.39. The van der Waals surface area contributed by atoms with Crippen LogP contribution in [0.1, 0.15) is 12.8 Å². The summed E-state index contributed by atoms with van der Waals surface area (Å²) < 4.78 is 0. The van der Waals surface area contributed by atoms with Crippen LogP contribution in [-0.2, 0) is 4.79 Å². The average molecular weight is 340 g/mol. The quantitative estimate of drug-likeness (QED) is 0.869. The van der Waals surface area contributed by atoms with Gasteiger partial charge in [0.25, 0.3) is 0 Å². The molecule has 0 aliphatic carbocycles. The van der Waals surface area contributed by atoms with Crippen LogP contribution >= 0.6 is 11.8 Å². The minimum Gasteiger partial charge on any atom is -0.342 e. The highest BCUT2D eigenvalue weighted by molar-refractivity contribution is 8.00. The van der Waals surface area contributed by atoms with Crippen LogP contribution in [0.3, 0.4) is 0 Å². The molecular weight excluding hydrogens is 316 g/mol. The minimum absolute atomic E-state index is 0.293. The standard InChI is InChI=1S/C20H24N2OS/c23-20(22-9-7-17-12-21-13-18(17)8-10-22)14-24-19-6-5-15-3-1-2-4-16(15)11-19/h1-6,11,17-18,21H,7-10,12-14H2/t17-,18+. The normalized spacial score (nSPS) is 23.9. The van der Waals surface area contributed by atoms with Crippen molar-refractivity contribution in [2.45, 2.75) is 17.7 Å². The van der Waals surface area contributed by atoms with Crippen molar-refractivity contribution in [2.75, 3.05) is 31.9 Å². The molecule has 126 valence electrons. The molecule has 2 saturated heterocycles. The van der Waals surface area contributed by atoms with E-state index in [2.05, 4.69) is 52.7 Å². The highest BCUT2D eigenvalue weighted by atomic mass is 32.2. The Labute approximate surface area is 147 Å². The molecule has 2 fully saturated rings. The summed E-state index contributed by atoms with van der Waals surface area (Å²) in [4.78, 5) is 15.9. The largest absolute Gasteiger partial charge is 0.342 e. The van der Waals surface area contributed by atoms with Crippen molar-refractivity contribution in [2.24, 2.45) is 11.8 Å². The summed E-state index contributed by atoms with van der Waals surface area (Å²) in [6.45, 7) is 4.14. The molecular formula is C20H24N2OS. The van der Waals surface area contributed by atoms with Crippen LogP contribution in [0.15, 0.2) is 47.4 Å². The fourth-order valence-electron chi connectivity index (χ4n) is 3.96. The summed E-state index contributed by atoms with van der Waals surface area (Å²) in [6, 6.07) is 14.8. The van der Waals surface area contributed by atoms with Gasteiger partial charge in [0, 0.05) is 18.0 Å². The summed E-state index contributed by atoms with van der Waals surface area (Å²) in [6.07, 6.45) is 2.31. The van der Waals surface area contributed by atoms with E-state index in [1.807, 2.05) is 0 Å². The summed E-state index contributed by atoms with van der Waals surface area (Å²) >= 11 is 1.66. The zero-order valence-electron chi connectivity index (χ0n) is 13.9. The first kappa shape index (κ1) is 16.0. The van der Waals surface area contributed by atoms with Crippen molar-refractivity contribution in [1.82, 2.24) is 10.2 Å². The number of hydrogen-bond acceptors (Lipinski definition) is 3. The molecule has 4 heteroatoms.